The molecule has 0 aliphatic heterocycles. The first-order valence-corrected chi connectivity index (χ1v) is 11.1. The van der Waals surface area contributed by atoms with Crippen LogP contribution in [0.3, 0.4) is 0 Å². The molecular weight excluding hydrogens is 420 g/mol. The highest BCUT2D eigenvalue weighted by molar-refractivity contribution is 7.80. The van der Waals surface area contributed by atoms with Crippen LogP contribution < -0.4 is 0 Å². The van der Waals surface area contributed by atoms with Crippen LogP contribution in [0.25, 0.3) is 39.0 Å². The third-order valence-corrected chi connectivity index (χ3v) is 6.02. The van der Waals surface area contributed by atoms with Crippen molar-refractivity contribution in [2.75, 3.05) is 0 Å². The molecule has 0 fully saturated rings. The van der Waals surface area contributed by atoms with E-state index in [1.807, 2.05) is 30.3 Å². The summed E-state index contributed by atoms with van der Waals surface area (Å²) in [5.41, 5.74) is 7.61. The summed E-state index contributed by atoms with van der Waals surface area (Å²) < 4.78 is 2.26. The fourth-order valence-electron chi connectivity index (χ4n) is 4.06. The van der Waals surface area contributed by atoms with E-state index in [0.717, 1.165) is 56.1 Å². The number of para-hydroxylation sites is 3. The van der Waals surface area contributed by atoms with Crippen LogP contribution in [-0.2, 0) is 6.42 Å². The molecule has 31 heavy (non-hydrogen) atoms. The first-order valence-electron chi connectivity index (χ1n) is 10.3. The van der Waals surface area contributed by atoms with Gasteiger partial charge in [0.1, 0.15) is 5.82 Å². The molecule has 0 aliphatic carbocycles. The highest BCUT2D eigenvalue weighted by atomic mass is 35.5. The minimum atomic E-state index is 0.712. The molecule has 2 nitrogen and oxygen atoms in total. The SMILES string of the molecule is CCc1nc2ccccc2n1-c1ccccc1-c1cc(Cl)cc(-c2ccc(S)cc2)c1. The first kappa shape index (κ1) is 19.9. The Kier molecular flexibility index (Phi) is 5.31. The maximum Gasteiger partial charge on any atom is 0.114 e. The van der Waals surface area contributed by atoms with Gasteiger partial charge in [0.05, 0.1) is 16.7 Å². The van der Waals surface area contributed by atoms with E-state index in [4.69, 9.17) is 16.6 Å². The standard InChI is InChI=1S/C27H21ClN2S/c1-2-27-29-24-8-4-6-10-26(24)30(27)25-9-5-3-7-23(25)20-15-19(16-21(28)17-20)18-11-13-22(31)14-12-18/h3-17,31H,2H2,1H3. The number of benzene rings is 4. The summed E-state index contributed by atoms with van der Waals surface area (Å²) in [5, 5.41) is 0.712. The molecule has 4 heteroatoms. The van der Waals surface area contributed by atoms with Crippen LogP contribution in [0.4, 0.5) is 0 Å². The number of imidazole rings is 1. The third kappa shape index (κ3) is 3.76. The normalized spacial score (nSPS) is 11.2. The van der Waals surface area contributed by atoms with Crippen molar-refractivity contribution >= 4 is 35.3 Å². The lowest BCUT2D eigenvalue weighted by molar-refractivity contribution is 0.909. The number of hydrogen-bond acceptors (Lipinski definition) is 2. The molecule has 5 rings (SSSR count). The van der Waals surface area contributed by atoms with Gasteiger partial charge in [-0.05, 0) is 65.2 Å². The predicted octanol–water partition coefficient (Wildman–Crippen LogP) is 7.86. The van der Waals surface area contributed by atoms with Crippen LogP contribution in [0, 0.1) is 0 Å². The monoisotopic (exact) mass is 440 g/mol. The Hall–Kier alpha value is -3.01. The number of nitrogens with zero attached hydrogens (tertiary/aromatic N) is 2. The van der Waals surface area contributed by atoms with Gasteiger partial charge in [-0.1, -0.05) is 61.0 Å². The maximum atomic E-state index is 6.58. The average Bonchev–Trinajstić information content (AvgIpc) is 3.18. The van der Waals surface area contributed by atoms with Gasteiger partial charge in [0.25, 0.3) is 0 Å². The average molecular weight is 441 g/mol. The van der Waals surface area contributed by atoms with Gasteiger partial charge in [0, 0.05) is 21.9 Å². The fraction of sp³-hybridized carbons (Fsp3) is 0.0741. The molecule has 0 amide bonds. The van der Waals surface area contributed by atoms with Crippen LogP contribution in [-0.4, -0.2) is 9.55 Å². The highest BCUT2D eigenvalue weighted by Gasteiger charge is 2.15. The van der Waals surface area contributed by atoms with Gasteiger partial charge in [-0.3, -0.25) is 4.57 Å². The number of aryl methyl sites for hydroxylation is 1. The van der Waals surface area contributed by atoms with Gasteiger partial charge in [0.15, 0.2) is 0 Å². The Labute approximate surface area is 192 Å². The molecule has 0 bridgehead atoms. The first-order chi connectivity index (χ1) is 15.1. The van der Waals surface area contributed by atoms with Crippen molar-refractivity contribution in [1.82, 2.24) is 9.55 Å². The Balaban J connectivity index is 1.72. The predicted molar refractivity (Wildman–Crippen MR) is 134 cm³/mol. The second-order valence-electron chi connectivity index (χ2n) is 7.50. The highest BCUT2D eigenvalue weighted by Crippen LogP contribution is 2.35. The van der Waals surface area contributed by atoms with Crippen LogP contribution in [0.1, 0.15) is 12.7 Å². The molecule has 152 valence electrons. The molecule has 0 aliphatic rings. The number of fused-ring (bicyclic) bond motifs is 1. The zero-order valence-electron chi connectivity index (χ0n) is 17.1. The van der Waals surface area contributed by atoms with Crippen LogP contribution in [0.15, 0.2) is 95.9 Å². The summed E-state index contributed by atoms with van der Waals surface area (Å²) in [6.45, 7) is 2.14. The lowest BCUT2D eigenvalue weighted by Crippen LogP contribution is -2.02. The third-order valence-electron chi connectivity index (χ3n) is 5.50. The van der Waals surface area contributed by atoms with Crippen molar-refractivity contribution in [2.24, 2.45) is 0 Å². The lowest BCUT2D eigenvalue weighted by atomic mass is 9.97. The van der Waals surface area contributed by atoms with Gasteiger partial charge < -0.3 is 0 Å². The van der Waals surface area contributed by atoms with Crippen LogP contribution in [0.2, 0.25) is 5.02 Å². The number of halogens is 1. The Morgan fingerprint density at radius 2 is 1.52 bits per heavy atom. The number of aromatic nitrogens is 2. The number of rotatable bonds is 4. The molecule has 1 aromatic heterocycles. The van der Waals surface area contributed by atoms with Crippen molar-refractivity contribution in [2.45, 2.75) is 18.2 Å². The van der Waals surface area contributed by atoms with Gasteiger partial charge in [-0.2, -0.15) is 0 Å². The summed E-state index contributed by atoms with van der Waals surface area (Å²) >= 11 is 11.0. The molecule has 0 spiro atoms. The molecular formula is C27H21ClN2S. The summed E-state index contributed by atoms with van der Waals surface area (Å²) in [5.74, 6) is 1.04. The Bertz CT molecular complexity index is 1390. The molecule has 5 aromatic rings. The number of hydrogen-bond donors (Lipinski definition) is 1. The van der Waals surface area contributed by atoms with E-state index in [2.05, 4.69) is 84.8 Å². The molecule has 0 radical (unpaired) electrons. The van der Waals surface area contributed by atoms with E-state index >= 15 is 0 Å². The van der Waals surface area contributed by atoms with E-state index in [0.29, 0.717) is 5.02 Å². The van der Waals surface area contributed by atoms with Crippen molar-refractivity contribution in [3.8, 4) is 27.9 Å². The van der Waals surface area contributed by atoms with Crippen molar-refractivity contribution < 1.29 is 0 Å². The molecule has 0 saturated heterocycles. The van der Waals surface area contributed by atoms with Gasteiger partial charge in [0.2, 0.25) is 0 Å². The second kappa shape index (κ2) is 8.26. The fourth-order valence-corrected chi connectivity index (χ4v) is 4.44. The topological polar surface area (TPSA) is 17.8 Å². The van der Waals surface area contributed by atoms with E-state index in [-0.39, 0.29) is 0 Å². The van der Waals surface area contributed by atoms with Crippen molar-refractivity contribution in [1.29, 1.82) is 0 Å². The summed E-state index contributed by atoms with van der Waals surface area (Å²) in [4.78, 5) is 5.80. The summed E-state index contributed by atoms with van der Waals surface area (Å²) in [6.07, 6.45) is 0.847. The molecule has 0 saturated carbocycles. The van der Waals surface area contributed by atoms with E-state index in [9.17, 15) is 0 Å². The molecule has 0 unspecified atom stereocenters. The number of thiol groups is 1. The van der Waals surface area contributed by atoms with Gasteiger partial charge >= 0.3 is 0 Å². The van der Waals surface area contributed by atoms with Crippen LogP contribution in [0.5, 0.6) is 0 Å². The lowest BCUT2D eigenvalue weighted by Gasteiger charge is -2.15. The second-order valence-corrected chi connectivity index (χ2v) is 8.45. The zero-order chi connectivity index (χ0) is 21.4. The Morgan fingerprint density at radius 3 is 2.32 bits per heavy atom. The minimum absolute atomic E-state index is 0.712. The molecule has 4 aromatic carbocycles. The molecule has 0 N–H and O–H groups in total. The van der Waals surface area contributed by atoms with Gasteiger partial charge in [-0.15, -0.1) is 12.6 Å². The van der Waals surface area contributed by atoms with Crippen molar-refractivity contribution in [3.05, 3.63) is 102 Å². The Morgan fingerprint density at radius 1 is 0.806 bits per heavy atom. The largest absolute Gasteiger partial charge is 0.296 e. The van der Waals surface area contributed by atoms with E-state index in [1.54, 1.807) is 0 Å². The minimum Gasteiger partial charge on any atom is -0.296 e. The summed E-state index contributed by atoms with van der Waals surface area (Å²) in [7, 11) is 0. The van der Waals surface area contributed by atoms with Crippen molar-refractivity contribution in [3.63, 3.8) is 0 Å². The van der Waals surface area contributed by atoms with E-state index < -0.39 is 0 Å². The smallest absolute Gasteiger partial charge is 0.114 e. The molecule has 1 heterocycles. The van der Waals surface area contributed by atoms with Crippen LogP contribution >= 0.6 is 24.2 Å². The molecule has 0 atom stereocenters. The maximum absolute atomic E-state index is 6.58. The zero-order valence-corrected chi connectivity index (χ0v) is 18.7. The van der Waals surface area contributed by atoms with E-state index in [1.165, 1.54) is 0 Å². The van der Waals surface area contributed by atoms with Gasteiger partial charge in [-0.25, -0.2) is 4.98 Å². The quantitative estimate of drug-likeness (QED) is 0.281. The summed E-state index contributed by atoms with van der Waals surface area (Å²) in [6, 6.07) is 31.1.